The van der Waals surface area contributed by atoms with Gasteiger partial charge in [-0.3, -0.25) is 9.59 Å². The number of amides is 2. The van der Waals surface area contributed by atoms with E-state index in [4.69, 9.17) is 4.74 Å². The third-order valence-corrected chi connectivity index (χ3v) is 5.83. The van der Waals surface area contributed by atoms with Gasteiger partial charge in [-0.1, -0.05) is 5.21 Å². The van der Waals surface area contributed by atoms with Gasteiger partial charge in [0.25, 0.3) is 5.91 Å². The number of benzene rings is 1. The minimum absolute atomic E-state index is 0.152. The van der Waals surface area contributed by atoms with Crippen molar-refractivity contribution in [2.24, 2.45) is 0 Å². The molecule has 0 radical (unpaired) electrons. The number of carbonyl (C=O) groups excluding carboxylic acids is 2. The zero-order valence-corrected chi connectivity index (χ0v) is 17.8. The molecule has 2 aliphatic heterocycles. The minimum Gasteiger partial charge on any atom is -0.490 e. The van der Waals surface area contributed by atoms with Gasteiger partial charge in [0, 0.05) is 32.5 Å². The van der Waals surface area contributed by atoms with E-state index in [0.29, 0.717) is 31.7 Å². The number of aromatic nitrogens is 3. The van der Waals surface area contributed by atoms with E-state index in [2.05, 4.69) is 20.9 Å². The van der Waals surface area contributed by atoms with Crippen molar-refractivity contribution in [3.63, 3.8) is 0 Å². The first-order valence-corrected chi connectivity index (χ1v) is 10.8. The number of hydrogen-bond donors (Lipinski definition) is 2. The molecule has 2 fully saturated rings. The third-order valence-electron chi connectivity index (χ3n) is 5.83. The summed E-state index contributed by atoms with van der Waals surface area (Å²) in [6.45, 7) is 2.39. The summed E-state index contributed by atoms with van der Waals surface area (Å²) in [5.41, 5.74) is -0.561. The molecule has 3 heterocycles. The smallest absolute Gasteiger partial charge is 0.416 e. The summed E-state index contributed by atoms with van der Waals surface area (Å²) >= 11 is 0. The molecule has 2 amide bonds. The fraction of sp³-hybridized carbons (Fsp3) is 0.524. The summed E-state index contributed by atoms with van der Waals surface area (Å²) in [6, 6.07) is 4.75. The Morgan fingerprint density at radius 3 is 2.52 bits per heavy atom. The highest BCUT2D eigenvalue weighted by molar-refractivity contribution is 5.94. The summed E-state index contributed by atoms with van der Waals surface area (Å²) in [7, 11) is 0. The molecule has 2 aromatic rings. The van der Waals surface area contributed by atoms with E-state index in [1.807, 2.05) is 0 Å². The summed E-state index contributed by atoms with van der Waals surface area (Å²) in [6.07, 6.45) is -0.984. The van der Waals surface area contributed by atoms with Crippen molar-refractivity contribution >= 4 is 11.8 Å². The Hall–Kier alpha value is -3.15. The van der Waals surface area contributed by atoms with Crippen LogP contribution in [0.4, 0.5) is 13.2 Å². The number of alkyl halides is 3. The normalized spacial score (nSPS) is 19.5. The summed E-state index contributed by atoms with van der Waals surface area (Å²) in [5.74, 6) is -0.314. The van der Waals surface area contributed by atoms with Crippen LogP contribution in [0.3, 0.4) is 0 Å². The van der Waals surface area contributed by atoms with Crippen molar-refractivity contribution in [1.29, 1.82) is 0 Å². The molecule has 178 valence electrons. The first kappa shape index (κ1) is 23.0. The lowest BCUT2D eigenvalue weighted by atomic mass is 10.1. The summed E-state index contributed by atoms with van der Waals surface area (Å²) in [5, 5.41) is 13.7. The van der Waals surface area contributed by atoms with Crippen LogP contribution < -0.4 is 15.4 Å². The first-order valence-electron chi connectivity index (χ1n) is 10.8. The van der Waals surface area contributed by atoms with E-state index in [1.165, 1.54) is 12.1 Å². The molecular weight excluding hydrogens is 441 g/mol. The van der Waals surface area contributed by atoms with Crippen molar-refractivity contribution in [3.8, 4) is 5.75 Å². The number of nitrogens with zero attached hydrogens (tertiary/aromatic N) is 4. The molecule has 12 heteroatoms. The highest BCUT2D eigenvalue weighted by Crippen LogP contribution is 2.30. The predicted molar refractivity (Wildman–Crippen MR) is 111 cm³/mol. The number of ether oxygens (including phenoxy) is 1. The van der Waals surface area contributed by atoms with Gasteiger partial charge in [-0.15, -0.1) is 5.10 Å². The van der Waals surface area contributed by atoms with Crippen LogP contribution in [0, 0.1) is 0 Å². The second-order valence-corrected chi connectivity index (χ2v) is 8.13. The van der Waals surface area contributed by atoms with Gasteiger partial charge in [0.2, 0.25) is 5.91 Å². The standard InChI is InChI=1S/C21H25F3N6O3/c22-21(23,24)14-1-3-16(4-2-14)33-17-6-9-29(10-7-17)19(31)12-26-20(32)18-13-30(28-27-18)15-5-8-25-11-15/h1-4,13,15,17,25H,5-12H2,(H,26,32). The molecule has 0 aliphatic carbocycles. The molecule has 1 unspecified atom stereocenters. The molecule has 0 saturated carbocycles. The van der Waals surface area contributed by atoms with Gasteiger partial charge in [0.05, 0.1) is 24.3 Å². The maximum Gasteiger partial charge on any atom is 0.416 e. The molecular formula is C21H25F3N6O3. The zero-order valence-electron chi connectivity index (χ0n) is 17.8. The number of carbonyl (C=O) groups is 2. The quantitative estimate of drug-likeness (QED) is 0.671. The van der Waals surface area contributed by atoms with Crippen molar-refractivity contribution in [1.82, 2.24) is 30.5 Å². The summed E-state index contributed by atoms with van der Waals surface area (Å²) < 4.78 is 45.4. The Morgan fingerprint density at radius 2 is 1.88 bits per heavy atom. The number of rotatable bonds is 6. The maximum atomic E-state index is 12.7. The Morgan fingerprint density at radius 1 is 1.15 bits per heavy atom. The lowest BCUT2D eigenvalue weighted by molar-refractivity contribution is -0.137. The number of piperidine rings is 1. The largest absolute Gasteiger partial charge is 0.490 e. The average molecular weight is 466 g/mol. The van der Waals surface area contributed by atoms with Crippen molar-refractivity contribution in [2.75, 3.05) is 32.7 Å². The molecule has 1 aromatic heterocycles. The monoisotopic (exact) mass is 466 g/mol. The Kier molecular flexibility index (Phi) is 6.82. The van der Waals surface area contributed by atoms with Crippen molar-refractivity contribution < 1.29 is 27.5 Å². The van der Waals surface area contributed by atoms with E-state index in [0.717, 1.165) is 31.6 Å². The fourth-order valence-corrected chi connectivity index (χ4v) is 3.92. The van der Waals surface area contributed by atoms with Crippen LogP contribution in [0.2, 0.25) is 0 Å². The number of hydrogen-bond acceptors (Lipinski definition) is 6. The highest BCUT2D eigenvalue weighted by atomic mass is 19.4. The maximum absolute atomic E-state index is 12.7. The first-order chi connectivity index (χ1) is 15.8. The van der Waals surface area contributed by atoms with E-state index in [9.17, 15) is 22.8 Å². The van der Waals surface area contributed by atoms with E-state index in [1.54, 1.807) is 15.8 Å². The molecule has 0 bridgehead atoms. The number of nitrogens with one attached hydrogen (secondary N) is 2. The van der Waals surface area contributed by atoms with Gasteiger partial charge in [0.15, 0.2) is 5.69 Å². The molecule has 2 aliphatic rings. The van der Waals surface area contributed by atoms with Crippen LogP contribution in [0.25, 0.3) is 0 Å². The van der Waals surface area contributed by atoms with E-state index < -0.39 is 17.6 Å². The third kappa shape index (κ3) is 5.81. The predicted octanol–water partition coefficient (Wildman–Crippen LogP) is 1.63. The van der Waals surface area contributed by atoms with E-state index in [-0.39, 0.29) is 30.3 Å². The van der Waals surface area contributed by atoms with Crippen molar-refractivity contribution in [3.05, 3.63) is 41.7 Å². The average Bonchev–Trinajstić information content (AvgIpc) is 3.49. The Balaban J connectivity index is 1.20. The molecule has 1 atom stereocenters. The van der Waals surface area contributed by atoms with Gasteiger partial charge in [-0.25, -0.2) is 4.68 Å². The molecule has 9 nitrogen and oxygen atoms in total. The molecule has 33 heavy (non-hydrogen) atoms. The second kappa shape index (κ2) is 9.77. The molecule has 4 rings (SSSR count). The zero-order chi connectivity index (χ0) is 23.4. The molecule has 2 saturated heterocycles. The fourth-order valence-electron chi connectivity index (χ4n) is 3.92. The van der Waals surface area contributed by atoms with Crippen LogP contribution in [-0.4, -0.2) is 70.5 Å². The van der Waals surface area contributed by atoms with Crippen LogP contribution in [0.5, 0.6) is 5.75 Å². The highest BCUT2D eigenvalue weighted by Gasteiger charge is 2.30. The van der Waals surface area contributed by atoms with Gasteiger partial charge in [-0.2, -0.15) is 13.2 Å². The van der Waals surface area contributed by atoms with Crippen LogP contribution in [0.15, 0.2) is 30.5 Å². The van der Waals surface area contributed by atoms with Gasteiger partial charge < -0.3 is 20.3 Å². The van der Waals surface area contributed by atoms with Gasteiger partial charge in [0.1, 0.15) is 11.9 Å². The van der Waals surface area contributed by atoms with Gasteiger partial charge in [-0.05, 0) is 37.2 Å². The lowest BCUT2D eigenvalue weighted by Crippen LogP contribution is -2.46. The molecule has 0 spiro atoms. The minimum atomic E-state index is -4.39. The SMILES string of the molecule is O=C(NCC(=O)N1CCC(Oc2ccc(C(F)(F)F)cc2)CC1)c1cn(C2CCNC2)nn1. The number of likely N-dealkylation sites (tertiary alicyclic amines) is 1. The number of halogens is 3. The Bertz CT molecular complexity index is 964. The van der Waals surface area contributed by atoms with E-state index >= 15 is 0 Å². The lowest BCUT2D eigenvalue weighted by Gasteiger charge is -2.32. The topological polar surface area (TPSA) is 101 Å². The van der Waals surface area contributed by atoms with Crippen molar-refractivity contribution in [2.45, 2.75) is 37.6 Å². The van der Waals surface area contributed by atoms with Crippen LogP contribution >= 0.6 is 0 Å². The second-order valence-electron chi connectivity index (χ2n) is 8.13. The Labute approximate surface area is 188 Å². The van der Waals surface area contributed by atoms with Crippen LogP contribution in [0.1, 0.15) is 41.4 Å². The summed E-state index contributed by atoms with van der Waals surface area (Å²) in [4.78, 5) is 26.4. The molecule has 1 aromatic carbocycles. The van der Waals surface area contributed by atoms with Gasteiger partial charge >= 0.3 is 6.18 Å². The van der Waals surface area contributed by atoms with Crippen LogP contribution in [-0.2, 0) is 11.0 Å². The molecule has 2 N–H and O–H groups in total.